The maximum absolute atomic E-state index is 9.30. The van der Waals surface area contributed by atoms with E-state index < -0.39 is 0 Å². The lowest BCUT2D eigenvalue weighted by Crippen LogP contribution is -2.45. The Morgan fingerprint density at radius 2 is 2.00 bits per heavy atom. The van der Waals surface area contributed by atoms with Gasteiger partial charge in [0.1, 0.15) is 5.84 Å². The van der Waals surface area contributed by atoms with Crippen LogP contribution in [0.15, 0.2) is 29.5 Å². The lowest BCUT2D eigenvalue weighted by atomic mass is 9.73. The van der Waals surface area contributed by atoms with Crippen molar-refractivity contribution < 1.29 is 4.74 Å². The van der Waals surface area contributed by atoms with Gasteiger partial charge in [-0.2, -0.15) is 0 Å². The molecule has 0 saturated carbocycles. The van der Waals surface area contributed by atoms with Crippen molar-refractivity contribution in [2.45, 2.75) is 63.5 Å². The largest absolute Gasteiger partial charge is 0.391 e. The summed E-state index contributed by atoms with van der Waals surface area (Å²) in [7, 11) is 2.01. The van der Waals surface area contributed by atoms with Gasteiger partial charge in [-0.05, 0) is 74.7 Å². The molecule has 0 amide bonds. The molecule has 6 nitrogen and oxygen atoms in total. The maximum atomic E-state index is 9.30. The Hall–Kier alpha value is -1.89. The molecule has 2 saturated heterocycles. The molecule has 32 heavy (non-hydrogen) atoms. The van der Waals surface area contributed by atoms with E-state index in [0.29, 0.717) is 17.8 Å². The number of benzene rings is 1. The summed E-state index contributed by atoms with van der Waals surface area (Å²) in [6, 6.07) is 7.32. The first kappa shape index (κ1) is 21.9. The molecule has 1 aromatic carbocycles. The Morgan fingerprint density at radius 1 is 1.22 bits per heavy atom. The Labute approximate surface area is 192 Å². The summed E-state index contributed by atoms with van der Waals surface area (Å²) >= 11 is 0. The molecule has 3 heterocycles. The van der Waals surface area contributed by atoms with Crippen molar-refractivity contribution >= 4 is 11.5 Å². The molecular weight excluding hydrogens is 398 g/mol. The van der Waals surface area contributed by atoms with E-state index in [1.807, 2.05) is 7.05 Å². The number of rotatable bonds is 5. The molecule has 6 heteroatoms. The number of nitrogens with zero attached hydrogens (tertiary/aromatic N) is 1. The molecule has 0 aromatic heterocycles. The van der Waals surface area contributed by atoms with Gasteiger partial charge >= 0.3 is 0 Å². The van der Waals surface area contributed by atoms with Crippen LogP contribution in [0.5, 0.6) is 0 Å². The number of piperidine rings is 1. The van der Waals surface area contributed by atoms with E-state index >= 15 is 0 Å². The molecule has 1 spiro atoms. The predicted molar refractivity (Wildman–Crippen MR) is 130 cm³/mol. The molecule has 1 aromatic rings. The molecule has 2 fully saturated rings. The highest BCUT2D eigenvalue weighted by Crippen LogP contribution is 2.49. The smallest absolute Gasteiger partial charge is 0.130 e. The van der Waals surface area contributed by atoms with Gasteiger partial charge in [0.15, 0.2) is 0 Å². The Bertz CT molecular complexity index is 882. The van der Waals surface area contributed by atoms with Gasteiger partial charge in [-0.1, -0.05) is 19.1 Å². The van der Waals surface area contributed by atoms with Crippen LogP contribution in [0.4, 0.5) is 5.69 Å². The Balaban J connectivity index is 1.48. The van der Waals surface area contributed by atoms with Crippen LogP contribution in [0.1, 0.15) is 56.6 Å². The molecular formula is C26H39N5O. The van der Waals surface area contributed by atoms with Crippen LogP contribution in [0, 0.1) is 11.3 Å². The summed E-state index contributed by atoms with van der Waals surface area (Å²) in [6.45, 7) is 7.97. The highest BCUT2D eigenvalue weighted by molar-refractivity contribution is 6.10. The minimum Gasteiger partial charge on any atom is -0.391 e. The first-order valence-electron chi connectivity index (χ1n) is 12.5. The quantitative estimate of drug-likeness (QED) is 0.420. The number of hydrogen-bond acceptors (Lipinski definition) is 5. The molecule has 4 N–H and O–H groups in total. The van der Waals surface area contributed by atoms with Crippen molar-refractivity contribution in [1.29, 1.82) is 5.41 Å². The van der Waals surface area contributed by atoms with Crippen molar-refractivity contribution in [2.24, 2.45) is 5.92 Å². The van der Waals surface area contributed by atoms with E-state index in [1.165, 1.54) is 28.1 Å². The molecule has 3 aliphatic heterocycles. The third-order valence-corrected chi connectivity index (χ3v) is 8.25. The molecule has 174 valence electrons. The molecule has 0 unspecified atom stereocenters. The number of amidine groups is 1. The van der Waals surface area contributed by atoms with Crippen LogP contribution >= 0.6 is 0 Å². The molecule has 5 rings (SSSR count). The number of hydrogen-bond donors (Lipinski definition) is 4. The van der Waals surface area contributed by atoms with Gasteiger partial charge in [0.05, 0.1) is 0 Å². The van der Waals surface area contributed by atoms with E-state index in [-0.39, 0.29) is 5.41 Å². The second-order valence-corrected chi connectivity index (χ2v) is 10.1. The number of nitrogens with one attached hydrogen (secondary N) is 4. The first-order chi connectivity index (χ1) is 15.6. The van der Waals surface area contributed by atoms with Gasteiger partial charge in [-0.3, -0.25) is 5.41 Å². The maximum Gasteiger partial charge on any atom is 0.130 e. The fraction of sp³-hybridized carbons (Fsp3) is 0.654. The summed E-state index contributed by atoms with van der Waals surface area (Å²) in [5.41, 5.74) is 6.81. The first-order valence-corrected chi connectivity index (χ1v) is 12.5. The van der Waals surface area contributed by atoms with E-state index in [1.54, 1.807) is 0 Å². The van der Waals surface area contributed by atoms with Crippen LogP contribution < -0.4 is 20.9 Å². The minimum atomic E-state index is 0.142. The average Bonchev–Trinajstić information content (AvgIpc) is 3.37. The van der Waals surface area contributed by atoms with Crippen LogP contribution in [-0.2, 0) is 16.7 Å². The van der Waals surface area contributed by atoms with Gasteiger partial charge in [-0.15, -0.1) is 0 Å². The van der Waals surface area contributed by atoms with Crippen molar-refractivity contribution in [1.82, 2.24) is 16.0 Å². The third-order valence-electron chi connectivity index (χ3n) is 8.25. The van der Waals surface area contributed by atoms with Gasteiger partial charge in [0.2, 0.25) is 0 Å². The van der Waals surface area contributed by atoms with Crippen molar-refractivity contribution in [3.8, 4) is 0 Å². The zero-order valence-corrected chi connectivity index (χ0v) is 19.7. The van der Waals surface area contributed by atoms with E-state index in [2.05, 4.69) is 46.0 Å². The number of ether oxygens (including phenoxy) is 1. The lowest BCUT2D eigenvalue weighted by molar-refractivity contribution is 0.0775. The summed E-state index contributed by atoms with van der Waals surface area (Å²) < 4.78 is 5.54. The summed E-state index contributed by atoms with van der Waals surface area (Å²) in [5.74, 6) is 1.15. The van der Waals surface area contributed by atoms with Crippen molar-refractivity contribution in [2.75, 3.05) is 44.8 Å². The second kappa shape index (κ2) is 9.16. The zero-order valence-electron chi connectivity index (χ0n) is 19.7. The van der Waals surface area contributed by atoms with Gasteiger partial charge in [0, 0.05) is 61.8 Å². The molecule has 1 atom stereocenters. The molecule has 4 aliphatic rings. The Morgan fingerprint density at radius 3 is 2.75 bits per heavy atom. The monoisotopic (exact) mass is 437 g/mol. The van der Waals surface area contributed by atoms with Crippen molar-refractivity contribution in [3.05, 3.63) is 40.6 Å². The second-order valence-electron chi connectivity index (χ2n) is 10.1. The fourth-order valence-electron chi connectivity index (χ4n) is 6.43. The number of anilines is 1. The highest BCUT2D eigenvalue weighted by Gasteiger charge is 2.46. The van der Waals surface area contributed by atoms with Gasteiger partial charge < -0.3 is 25.6 Å². The summed E-state index contributed by atoms with van der Waals surface area (Å²) in [5, 5.41) is 20.1. The molecule has 1 aliphatic carbocycles. The SMILES string of the molecule is CNC1=C(C(=N)N2CC3(CCNCC3)c3c(CNC4CCOCC4)cccc32)[C@H](C)CC1. The van der Waals surface area contributed by atoms with E-state index in [4.69, 9.17) is 4.74 Å². The molecule has 0 bridgehead atoms. The highest BCUT2D eigenvalue weighted by atomic mass is 16.5. The van der Waals surface area contributed by atoms with Crippen LogP contribution in [0.25, 0.3) is 0 Å². The van der Waals surface area contributed by atoms with Crippen LogP contribution in [0.2, 0.25) is 0 Å². The standard InChI is InChI=1S/C26H39N5O/c1-18-6-7-21(28-2)23(18)25(27)31-17-26(10-12-29-13-11-26)24-19(4-3-5-22(24)31)16-30-20-8-14-32-15-9-20/h3-5,18,20,27-30H,6-17H2,1-2H3/t18-/m1/s1. The number of allylic oxidation sites excluding steroid dienone is 1. The van der Waals surface area contributed by atoms with Crippen LogP contribution in [0.3, 0.4) is 0 Å². The van der Waals surface area contributed by atoms with E-state index in [0.717, 1.165) is 77.9 Å². The average molecular weight is 438 g/mol. The summed E-state index contributed by atoms with van der Waals surface area (Å²) in [4.78, 5) is 2.34. The van der Waals surface area contributed by atoms with Crippen molar-refractivity contribution in [3.63, 3.8) is 0 Å². The normalized spacial score (nSPS) is 25.4. The predicted octanol–water partition coefficient (Wildman–Crippen LogP) is 3.28. The topological polar surface area (TPSA) is 72.4 Å². The van der Waals surface area contributed by atoms with Gasteiger partial charge in [0.25, 0.3) is 0 Å². The number of fused-ring (bicyclic) bond motifs is 2. The third kappa shape index (κ3) is 3.87. The van der Waals surface area contributed by atoms with Gasteiger partial charge in [-0.25, -0.2) is 0 Å². The van der Waals surface area contributed by atoms with Crippen LogP contribution in [-0.4, -0.2) is 51.8 Å². The van der Waals surface area contributed by atoms with E-state index in [9.17, 15) is 5.41 Å². The minimum absolute atomic E-state index is 0.142. The Kier molecular flexibility index (Phi) is 6.28. The molecule has 0 radical (unpaired) electrons. The lowest BCUT2D eigenvalue weighted by Gasteiger charge is -2.36. The zero-order chi connectivity index (χ0) is 22.1. The fourth-order valence-corrected chi connectivity index (χ4v) is 6.43. The summed E-state index contributed by atoms with van der Waals surface area (Å²) in [6.07, 6.45) is 6.68.